The Balaban J connectivity index is 2.19. The van der Waals surface area contributed by atoms with Gasteiger partial charge >= 0.3 is 5.82 Å². The molecule has 0 aliphatic heterocycles. The van der Waals surface area contributed by atoms with Crippen LogP contribution in [0.1, 0.15) is 51.9 Å². The van der Waals surface area contributed by atoms with Crippen LogP contribution < -0.4 is 0 Å². The van der Waals surface area contributed by atoms with Crippen LogP contribution in [0.3, 0.4) is 0 Å². The molecule has 1 rings (SSSR count). The number of aromatic nitrogens is 2. The highest BCUT2D eigenvalue weighted by Crippen LogP contribution is 2.21. The summed E-state index contributed by atoms with van der Waals surface area (Å²) in [6, 6.07) is 0. The molecule has 1 aromatic heterocycles. The topological polar surface area (TPSA) is 61.0 Å². The van der Waals surface area contributed by atoms with E-state index in [1.807, 2.05) is 0 Å². The van der Waals surface area contributed by atoms with E-state index in [9.17, 15) is 10.1 Å². The standard InChI is InChI=1S/C12H20ClN3O2/c1-2-3-4-5-6-7-8-9-15-10-11(13)12(14-15)16(17)18/h10H,2-9H2,1H3. The minimum absolute atomic E-state index is 0.114. The highest BCUT2D eigenvalue weighted by molar-refractivity contribution is 6.32. The fourth-order valence-electron chi connectivity index (χ4n) is 1.86. The molecule has 0 saturated carbocycles. The highest BCUT2D eigenvalue weighted by Gasteiger charge is 2.18. The molecular formula is C12H20ClN3O2. The van der Waals surface area contributed by atoms with Gasteiger partial charge in [0.25, 0.3) is 0 Å². The largest absolute Gasteiger partial charge is 0.408 e. The lowest BCUT2D eigenvalue weighted by atomic mass is 10.1. The van der Waals surface area contributed by atoms with Gasteiger partial charge < -0.3 is 10.1 Å². The molecule has 0 aromatic carbocycles. The van der Waals surface area contributed by atoms with Gasteiger partial charge in [0.2, 0.25) is 0 Å². The number of hydrogen-bond donors (Lipinski definition) is 0. The quantitative estimate of drug-likeness (QED) is 0.385. The summed E-state index contributed by atoms with van der Waals surface area (Å²) in [5, 5.41) is 14.5. The van der Waals surface area contributed by atoms with Crippen LogP contribution in [-0.2, 0) is 6.54 Å². The predicted molar refractivity (Wildman–Crippen MR) is 71.9 cm³/mol. The molecule has 0 aliphatic carbocycles. The van der Waals surface area contributed by atoms with Gasteiger partial charge in [-0.05, 0) is 11.3 Å². The third-order valence-electron chi connectivity index (χ3n) is 2.86. The van der Waals surface area contributed by atoms with Crippen LogP contribution in [0.4, 0.5) is 5.82 Å². The monoisotopic (exact) mass is 273 g/mol. The molecule has 0 spiro atoms. The molecule has 0 N–H and O–H groups in total. The third kappa shape index (κ3) is 5.04. The first-order valence-corrected chi connectivity index (χ1v) is 6.90. The zero-order chi connectivity index (χ0) is 13.4. The number of aryl methyl sites for hydroxylation is 1. The van der Waals surface area contributed by atoms with Gasteiger partial charge in [-0.15, -0.1) is 0 Å². The number of nitrogens with zero attached hydrogens (tertiary/aromatic N) is 3. The van der Waals surface area contributed by atoms with Crippen LogP contribution >= 0.6 is 11.6 Å². The zero-order valence-electron chi connectivity index (χ0n) is 10.8. The fraction of sp³-hybridized carbons (Fsp3) is 0.750. The van der Waals surface area contributed by atoms with Gasteiger partial charge in [0.1, 0.15) is 0 Å². The molecule has 6 heteroatoms. The van der Waals surface area contributed by atoms with Crippen LogP contribution in [-0.4, -0.2) is 14.7 Å². The van der Waals surface area contributed by atoms with E-state index >= 15 is 0 Å². The fourth-order valence-corrected chi connectivity index (χ4v) is 2.08. The molecule has 0 bridgehead atoms. The maximum Gasteiger partial charge on any atom is 0.408 e. The van der Waals surface area contributed by atoms with Gasteiger partial charge in [0.15, 0.2) is 5.02 Å². The van der Waals surface area contributed by atoms with Crippen molar-refractivity contribution in [3.05, 3.63) is 21.3 Å². The molecule has 0 atom stereocenters. The molecule has 0 aliphatic rings. The summed E-state index contributed by atoms with van der Waals surface area (Å²) in [6.45, 7) is 2.90. The number of hydrogen-bond acceptors (Lipinski definition) is 3. The normalized spacial score (nSPS) is 10.8. The maximum absolute atomic E-state index is 10.6. The van der Waals surface area contributed by atoms with Gasteiger partial charge in [0.05, 0.1) is 17.8 Å². The van der Waals surface area contributed by atoms with Gasteiger partial charge in [-0.1, -0.05) is 57.0 Å². The van der Waals surface area contributed by atoms with E-state index in [2.05, 4.69) is 12.0 Å². The first-order valence-electron chi connectivity index (χ1n) is 6.52. The Morgan fingerprint density at radius 3 is 2.44 bits per heavy atom. The first kappa shape index (κ1) is 15.0. The van der Waals surface area contributed by atoms with Gasteiger partial charge in [-0.2, -0.15) is 4.68 Å². The number of rotatable bonds is 9. The van der Waals surface area contributed by atoms with E-state index in [-0.39, 0.29) is 10.8 Å². The Morgan fingerprint density at radius 1 is 1.28 bits per heavy atom. The number of nitro groups is 1. The average molecular weight is 274 g/mol. The van der Waals surface area contributed by atoms with E-state index in [4.69, 9.17) is 11.6 Å². The first-order chi connectivity index (χ1) is 8.65. The Labute approximate surface area is 112 Å². The van der Waals surface area contributed by atoms with E-state index < -0.39 is 4.92 Å². The number of halogens is 1. The lowest BCUT2D eigenvalue weighted by Gasteiger charge is -1.99. The van der Waals surface area contributed by atoms with Gasteiger partial charge in [-0.3, -0.25) is 0 Å². The Bertz CT molecular complexity index is 379. The minimum Gasteiger partial charge on any atom is -0.358 e. The predicted octanol–water partition coefficient (Wildman–Crippen LogP) is 4.20. The van der Waals surface area contributed by atoms with Crippen LogP contribution in [0.25, 0.3) is 0 Å². The summed E-state index contributed by atoms with van der Waals surface area (Å²) >= 11 is 5.71. The maximum atomic E-state index is 10.6. The van der Waals surface area contributed by atoms with Crippen LogP contribution in [0.2, 0.25) is 5.02 Å². The summed E-state index contributed by atoms with van der Waals surface area (Å²) in [5.41, 5.74) is 0. The molecule has 0 amide bonds. The van der Waals surface area contributed by atoms with E-state index in [1.165, 1.54) is 38.3 Å². The lowest BCUT2D eigenvalue weighted by Crippen LogP contribution is -1.99. The lowest BCUT2D eigenvalue weighted by molar-refractivity contribution is -0.389. The molecule has 0 fully saturated rings. The second kappa shape index (κ2) is 8.08. The summed E-state index contributed by atoms with van der Waals surface area (Å²) in [5.74, 6) is -0.250. The Morgan fingerprint density at radius 2 is 1.89 bits per heavy atom. The van der Waals surface area contributed by atoms with Crippen molar-refractivity contribution in [1.29, 1.82) is 0 Å². The Hall–Kier alpha value is -1.10. The molecule has 5 nitrogen and oxygen atoms in total. The molecule has 1 aromatic rings. The summed E-state index contributed by atoms with van der Waals surface area (Å²) < 4.78 is 1.56. The van der Waals surface area contributed by atoms with Gasteiger partial charge in [0, 0.05) is 0 Å². The van der Waals surface area contributed by atoms with E-state index in [0.717, 1.165) is 12.8 Å². The smallest absolute Gasteiger partial charge is 0.358 e. The second-order valence-corrected chi connectivity index (χ2v) is 4.85. The Kier molecular flexibility index (Phi) is 6.72. The summed E-state index contributed by atoms with van der Waals surface area (Å²) in [6.07, 6.45) is 10.0. The number of unbranched alkanes of at least 4 members (excludes halogenated alkanes) is 6. The zero-order valence-corrected chi connectivity index (χ0v) is 11.5. The molecular weight excluding hydrogens is 254 g/mol. The van der Waals surface area contributed by atoms with E-state index in [1.54, 1.807) is 4.68 Å². The summed E-state index contributed by atoms with van der Waals surface area (Å²) in [4.78, 5) is 10.0. The highest BCUT2D eigenvalue weighted by atomic mass is 35.5. The average Bonchev–Trinajstić information content (AvgIpc) is 2.69. The third-order valence-corrected chi connectivity index (χ3v) is 3.13. The van der Waals surface area contributed by atoms with Gasteiger partial charge in [-0.25, -0.2) is 0 Å². The molecule has 18 heavy (non-hydrogen) atoms. The SMILES string of the molecule is CCCCCCCCCn1cc(Cl)c([N+](=O)[O-])n1. The van der Waals surface area contributed by atoms with Crippen molar-refractivity contribution >= 4 is 17.4 Å². The van der Waals surface area contributed by atoms with Crippen molar-refractivity contribution in [3.8, 4) is 0 Å². The van der Waals surface area contributed by atoms with Crippen LogP contribution in [0.15, 0.2) is 6.20 Å². The van der Waals surface area contributed by atoms with E-state index in [0.29, 0.717) is 6.54 Å². The van der Waals surface area contributed by atoms with Crippen molar-refractivity contribution in [2.75, 3.05) is 0 Å². The van der Waals surface area contributed by atoms with Crippen LogP contribution in [0.5, 0.6) is 0 Å². The summed E-state index contributed by atoms with van der Waals surface area (Å²) in [7, 11) is 0. The van der Waals surface area contributed by atoms with Crippen molar-refractivity contribution < 1.29 is 4.92 Å². The molecule has 0 radical (unpaired) electrons. The van der Waals surface area contributed by atoms with Crippen molar-refractivity contribution in [2.24, 2.45) is 0 Å². The van der Waals surface area contributed by atoms with Crippen molar-refractivity contribution in [3.63, 3.8) is 0 Å². The second-order valence-electron chi connectivity index (χ2n) is 4.44. The molecule has 0 unspecified atom stereocenters. The van der Waals surface area contributed by atoms with Crippen molar-refractivity contribution in [1.82, 2.24) is 9.78 Å². The van der Waals surface area contributed by atoms with Crippen molar-refractivity contribution in [2.45, 2.75) is 58.4 Å². The molecule has 0 saturated heterocycles. The molecule has 1 heterocycles. The molecule has 102 valence electrons. The van der Waals surface area contributed by atoms with Crippen LogP contribution in [0, 0.1) is 10.1 Å². The minimum atomic E-state index is -0.552.